The molecule has 0 atom stereocenters. The van der Waals surface area contributed by atoms with Crippen LogP contribution in [0.5, 0.6) is 0 Å². The van der Waals surface area contributed by atoms with Crippen LogP contribution in [-0.2, 0) is 0 Å². The minimum Gasteiger partial charge on any atom is -0.341 e. The lowest BCUT2D eigenvalue weighted by Crippen LogP contribution is -2.31. The molecule has 1 fully saturated rings. The molecule has 110 valence electrons. The van der Waals surface area contributed by atoms with Crippen LogP contribution >= 0.6 is 11.6 Å². The van der Waals surface area contributed by atoms with Crippen molar-refractivity contribution in [3.63, 3.8) is 0 Å². The van der Waals surface area contributed by atoms with E-state index in [0.717, 1.165) is 38.1 Å². The molecule has 0 radical (unpaired) electrons. The molecule has 0 spiro atoms. The normalized spacial score (nSPS) is 15.3. The van der Waals surface area contributed by atoms with Crippen LogP contribution in [-0.4, -0.2) is 28.0 Å². The molecule has 0 N–H and O–H groups in total. The van der Waals surface area contributed by atoms with Crippen LogP contribution in [0.4, 0.5) is 14.7 Å². The summed E-state index contributed by atoms with van der Waals surface area (Å²) in [4.78, 5) is 14.5. The van der Waals surface area contributed by atoms with Gasteiger partial charge in [-0.2, -0.15) is 15.0 Å². The van der Waals surface area contributed by atoms with Gasteiger partial charge in [-0.25, -0.2) is 8.78 Å². The summed E-state index contributed by atoms with van der Waals surface area (Å²) in [5.41, 5.74) is 0.372. The van der Waals surface area contributed by atoms with Gasteiger partial charge in [0.15, 0.2) is 17.5 Å². The highest BCUT2D eigenvalue weighted by Gasteiger charge is 2.17. The predicted molar refractivity (Wildman–Crippen MR) is 76.3 cm³/mol. The monoisotopic (exact) mass is 310 g/mol. The molecule has 3 rings (SSSR count). The van der Waals surface area contributed by atoms with E-state index in [4.69, 9.17) is 11.6 Å². The van der Waals surface area contributed by atoms with Crippen molar-refractivity contribution in [2.75, 3.05) is 18.0 Å². The van der Waals surface area contributed by atoms with Gasteiger partial charge in [0.05, 0.1) is 0 Å². The second-order valence-corrected chi connectivity index (χ2v) is 5.24. The molecule has 2 aromatic rings. The third-order valence-electron chi connectivity index (χ3n) is 3.41. The first-order valence-corrected chi connectivity index (χ1v) is 7.13. The van der Waals surface area contributed by atoms with Crippen LogP contribution in [0, 0.1) is 11.6 Å². The van der Waals surface area contributed by atoms with Crippen LogP contribution < -0.4 is 4.90 Å². The van der Waals surface area contributed by atoms with E-state index in [1.54, 1.807) is 0 Å². The number of nitrogens with zero attached hydrogens (tertiary/aromatic N) is 4. The van der Waals surface area contributed by atoms with Crippen molar-refractivity contribution in [3.05, 3.63) is 35.1 Å². The van der Waals surface area contributed by atoms with E-state index < -0.39 is 11.6 Å². The highest BCUT2D eigenvalue weighted by atomic mass is 35.5. The van der Waals surface area contributed by atoms with Gasteiger partial charge in [-0.1, -0.05) is 0 Å². The van der Waals surface area contributed by atoms with Crippen LogP contribution in [0.2, 0.25) is 5.28 Å². The fraction of sp³-hybridized carbons (Fsp3) is 0.357. The van der Waals surface area contributed by atoms with E-state index in [-0.39, 0.29) is 11.1 Å². The molecule has 0 bridgehead atoms. The lowest BCUT2D eigenvalue weighted by Gasteiger charge is -2.26. The first-order valence-electron chi connectivity index (χ1n) is 6.75. The molecular weight excluding hydrogens is 298 g/mol. The maximum absolute atomic E-state index is 13.3. The molecule has 1 aromatic heterocycles. The SMILES string of the molecule is Fc1ccc(-c2nc(Cl)nc(N3CCCCC3)n2)cc1F. The molecule has 1 aliphatic rings. The summed E-state index contributed by atoms with van der Waals surface area (Å²) in [5, 5.41) is 0.0466. The molecule has 0 amide bonds. The average molecular weight is 311 g/mol. The van der Waals surface area contributed by atoms with Gasteiger partial charge >= 0.3 is 0 Å². The molecule has 2 heterocycles. The molecule has 1 aliphatic heterocycles. The Morgan fingerprint density at radius 2 is 1.71 bits per heavy atom. The lowest BCUT2D eigenvalue weighted by molar-refractivity contribution is 0.509. The maximum Gasteiger partial charge on any atom is 0.230 e. The Bertz CT molecular complexity index is 659. The number of benzene rings is 1. The summed E-state index contributed by atoms with van der Waals surface area (Å²) in [5.74, 6) is -1.12. The Morgan fingerprint density at radius 3 is 2.43 bits per heavy atom. The third-order valence-corrected chi connectivity index (χ3v) is 3.58. The molecule has 1 aromatic carbocycles. The first kappa shape index (κ1) is 14.1. The second kappa shape index (κ2) is 5.89. The van der Waals surface area contributed by atoms with Gasteiger partial charge in [-0.3, -0.25) is 0 Å². The number of hydrogen-bond donors (Lipinski definition) is 0. The van der Waals surface area contributed by atoms with Crippen molar-refractivity contribution in [2.45, 2.75) is 19.3 Å². The largest absolute Gasteiger partial charge is 0.341 e. The van der Waals surface area contributed by atoms with Gasteiger partial charge in [0.2, 0.25) is 11.2 Å². The Morgan fingerprint density at radius 1 is 0.952 bits per heavy atom. The van der Waals surface area contributed by atoms with Gasteiger partial charge in [0, 0.05) is 18.7 Å². The number of hydrogen-bond acceptors (Lipinski definition) is 4. The van der Waals surface area contributed by atoms with Crippen molar-refractivity contribution in [3.8, 4) is 11.4 Å². The van der Waals surface area contributed by atoms with Crippen molar-refractivity contribution >= 4 is 17.5 Å². The summed E-state index contributed by atoms with van der Waals surface area (Å²) < 4.78 is 26.3. The van der Waals surface area contributed by atoms with Gasteiger partial charge < -0.3 is 4.90 Å². The summed E-state index contributed by atoms with van der Waals surface area (Å²) in [6, 6.07) is 3.52. The summed E-state index contributed by atoms with van der Waals surface area (Å²) in [7, 11) is 0. The number of rotatable bonds is 2. The van der Waals surface area contributed by atoms with Gasteiger partial charge in [-0.15, -0.1) is 0 Å². The number of halogens is 3. The fourth-order valence-corrected chi connectivity index (χ4v) is 2.49. The zero-order valence-corrected chi connectivity index (χ0v) is 11.9. The van der Waals surface area contributed by atoms with Crippen LogP contribution in [0.3, 0.4) is 0 Å². The van der Waals surface area contributed by atoms with Crippen LogP contribution in [0.15, 0.2) is 18.2 Å². The van der Waals surface area contributed by atoms with Crippen LogP contribution in [0.1, 0.15) is 19.3 Å². The standard InChI is InChI=1S/C14H13ClF2N4/c15-13-18-12(9-4-5-10(16)11(17)8-9)19-14(20-13)21-6-2-1-3-7-21/h4-5,8H,1-3,6-7H2. The van der Waals surface area contributed by atoms with E-state index in [1.807, 2.05) is 4.90 Å². The molecule has 0 aliphatic carbocycles. The molecule has 4 nitrogen and oxygen atoms in total. The van der Waals surface area contributed by atoms with Gasteiger partial charge in [0.25, 0.3) is 0 Å². The van der Waals surface area contributed by atoms with E-state index in [9.17, 15) is 8.78 Å². The van der Waals surface area contributed by atoms with Gasteiger partial charge in [0.1, 0.15) is 0 Å². The topological polar surface area (TPSA) is 41.9 Å². The number of piperidine rings is 1. The van der Waals surface area contributed by atoms with E-state index >= 15 is 0 Å². The quantitative estimate of drug-likeness (QED) is 0.852. The van der Waals surface area contributed by atoms with Gasteiger partial charge in [-0.05, 0) is 49.1 Å². The van der Waals surface area contributed by atoms with Crippen molar-refractivity contribution in [2.24, 2.45) is 0 Å². The minimum absolute atomic E-state index is 0.0466. The Balaban J connectivity index is 1.98. The summed E-state index contributed by atoms with van der Waals surface area (Å²) in [6.07, 6.45) is 3.33. The molecule has 7 heteroatoms. The number of aromatic nitrogens is 3. The number of anilines is 1. The van der Waals surface area contributed by atoms with E-state index in [1.165, 1.54) is 12.5 Å². The van der Waals surface area contributed by atoms with Crippen molar-refractivity contribution in [1.82, 2.24) is 15.0 Å². The Kier molecular flexibility index (Phi) is 3.96. The molecular formula is C14H13ClF2N4. The zero-order chi connectivity index (χ0) is 14.8. The Labute approximate surface area is 125 Å². The minimum atomic E-state index is -0.941. The smallest absolute Gasteiger partial charge is 0.230 e. The maximum atomic E-state index is 13.3. The fourth-order valence-electron chi connectivity index (χ4n) is 2.34. The highest BCUT2D eigenvalue weighted by Crippen LogP contribution is 2.23. The van der Waals surface area contributed by atoms with Crippen LogP contribution in [0.25, 0.3) is 11.4 Å². The van der Waals surface area contributed by atoms with E-state index in [2.05, 4.69) is 15.0 Å². The first-order chi connectivity index (χ1) is 10.1. The lowest BCUT2D eigenvalue weighted by atomic mass is 10.1. The predicted octanol–water partition coefficient (Wildman–Crippen LogP) is 3.46. The highest BCUT2D eigenvalue weighted by molar-refractivity contribution is 6.28. The second-order valence-electron chi connectivity index (χ2n) is 4.90. The summed E-state index contributed by atoms with van der Waals surface area (Å²) >= 11 is 5.93. The summed E-state index contributed by atoms with van der Waals surface area (Å²) in [6.45, 7) is 1.72. The average Bonchev–Trinajstić information content (AvgIpc) is 2.50. The van der Waals surface area contributed by atoms with Crippen molar-refractivity contribution < 1.29 is 8.78 Å². The Hall–Kier alpha value is -1.82. The third kappa shape index (κ3) is 3.10. The molecule has 0 unspecified atom stereocenters. The molecule has 21 heavy (non-hydrogen) atoms. The van der Waals surface area contributed by atoms with Crippen molar-refractivity contribution in [1.29, 1.82) is 0 Å². The molecule has 0 saturated carbocycles. The zero-order valence-electron chi connectivity index (χ0n) is 11.2. The van der Waals surface area contributed by atoms with E-state index in [0.29, 0.717) is 11.5 Å². The molecule has 1 saturated heterocycles.